The number of hydrogen-bond acceptors (Lipinski definition) is 6. The van der Waals surface area contributed by atoms with E-state index < -0.39 is 5.97 Å². The number of carbonyl (C=O) groups is 2. The van der Waals surface area contributed by atoms with E-state index in [4.69, 9.17) is 4.74 Å². The Morgan fingerprint density at radius 2 is 2.04 bits per heavy atom. The van der Waals surface area contributed by atoms with Gasteiger partial charge in [-0.1, -0.05) is 12.1 Å². The predicted octanol–water partition coefficient (Wildman–Crippen LogP) is 3.50. The highest BCUT2D eigenvalue weighted by Crippen LogP contribution is 2.30. The zero-order valence-corrected chi connectivity index (χ0v) is 15.7. The third-order valence-electron chi connectivity index (χ3n) is 3.93. The highest BCUT2D eigenvalue weighted by atomic mass is 32.1. The summed E-state index contributed by atoms with van der Waals surface area (Å²) in [5.41, 5.74) is 2.38. The van der Waals surface area contributed by atoms with Crippen molar-refractivity contribution in [3.63, 3.8) is 0 Å². The lowest BCUT2D eigenvalue weighted by molar-refractivity contribution is 0.0528. The Labute approximate surface area is 155 Å². The summed E-state index contributed by atoms with van der Waals surface area (Å²) < 4.78 is 6.85. The molecule has 0 saturated carbocycles. The summed E-state index contributed by atoms with van der Waals surface area (Å²) in [5, 5.41) is 11.5. The third kappa shape index (κ3) is 3.45. The van der Waals surface area contributed by atoms with Crippen molar-refractivity contribution in [1.29, 1.82) is 0 Å². The molecule has 1 N–H and O–H groups in total. The van der Waals surface area contributed by atoms with Crippen LogP contribution in [0.3, 0.4) is 0 Å². The van der Waals surface area contributed by atoms with Gasteiger partial charge in [0.1, 0.15) is 10.5 Å². The van der Waals surface area contributed by atoms with Gasteiger partial charge in [-0.2, -0.15) is 0 Å². The summed E-state index contributed by atoms with van der Waals surface area (Å²) in [6.07, 6.45) is 0.777. The second-order valence-corrected chi connectivity index (χ2v) is 6.73. The summed E-state index contributed by atoms with van der Waals surface area (Å²) in [6.45, 7) is 6.72. The molecule has 8 heteroatoms. The van der Waals surface area contributed by atoms with Crippen molar-refractivity contribution >= 4 is 39.2 Å². The number of ether oxygens (including phenoxy) is 1. The Balaban J connectivity index is 1.87. The van der Waals surface area contributed by atoms with E-state index >= 15 is 0 Å². The Bertz CT molecular complexity index is 961. The van der Waals surface area contributed by atoms with Crippen molar-refractivity contribution in [2.24, 2.45) is 0 Å². The third-order valence-corrected chi connectivity index (χ3v) is 5.12. The lowest BCUT2D eigenvalue weighted by atomic mass is 10.2. The maximum Gasteiger partial charge on any atom is 0.341 e. The van der Waals surface area contributed by atoms with E-state index in [0.29, 0.717) is 28.2 Å². The van der Waals surface area contributed by atoms with Crippen molar-refractivity contribution in [3.05, 3.63) is 40.3 Å². The molecule has 0 aliphatic carbocycles. The van der Waals surface area contributed by atoms with Crippen LogP contribution in [0.25, 0.3) is 11.0 Å². The van der Waals surface area contributed by atoms with Gasteiger partial charge in [0.15, 0.2) is 0 Å². The smallest absolute Gasteiger partial charge is 0.341 e. The summed E-state index contributed by atoms with van der Waals surface area (Å²) in [7, 11) is 0. The number of aryl methyl sites for hydroxylation is 2. The molecule has 136 valence electrons. The normalized spacial score (nSPS) is 10.9. The van der Waals surface area contributed by atoms with Crippen LogP contribution in [-0.4, -0.2) is 33.5 Å². The van der Waals surface area contributed by atoms with Crippen LogP contribution in [0.4, 0.5) is 5.00 Å². The Hall–Kier alpha value is -2.74. The van der Waals surface area contributed by atoms with Crippen LogP contribution in [0.15, 0.2) is 24.3 Å². The standard InChI is InChI=1S/C18H20N4O3S/c1-4-12-10-13(18(24)25-6-3)17(26-12)19-16(23)11-7-8-15-14(9-11)20-21-22(15)5-2/h7-10H,4-6H2,1-3H3,(H,19,23). The molecule has 0 spiro atoms. The van der Waals surface area contributed by atoms with Crippen molar-refractivity contribution in [1.82, 2.24) is 15.0 Å². The number of esters is 1. The lowest BCUT2D eigenvalue weighted by Crippen LogP contribution is -2.14. The molecular formula is C18H20N4O3S. The molecule has 0 aliphatic heterocycles. The van der Waals surface area contributed by atoms with Gasteiger partial charge in [-0.05, 0) is 44.5 Å². The number of nitrogens with one attached hydrogen (secondary N) is 1. The van der Waals surface area contributed by atoms with Gasteiger partial charge in [0, 0.05) is 17.0 Å². The minimum absolute atomic E-state index is 0.285. The fourth-order valence-corrected chi connectivity index (χ4v) is 3.57. The van der Waals surface area contributed by atoms with Crippen molar-refractivity contribution in [3.8, 4) is 0 Å². The Morgan fingerprint density at radius 3 is 2.73 bits per heavy atom. The maximum absolute atomic E-state index is 12.7. The number of nitrogens with zero attached hydrogens (tertiary/aromatic N) is 3. The second-order valence-electron chi connectivity index (χ2n) is 5.59. The minimum Gasteiger partial charge on any atom is -0.462 e. The number of amides is 1. The molecule has 0 atom stereocenters. The largest absolute Gasteiger partial charge is 0.462 e. The highest BCUT2D eigenvalue weighted by molar-refractivity contribution is 7.16. The fraction of sp³-hybridized carbons (Fsp3) is 0.333. The molecule has 3 rings (SSSR count). The van der Waals surface area contributed by atoms with E-state index in [1.165, 1.54) is 11.3 Å². The molecule has 0 bridgehead atoms. The summed E-state index contributed by atoms with van der Waals surface area (Å²) in [6, 6.07) is 7.02. The van der Waals surface area contributed by atoms with Crippen molar-refractivity contribution < 1.29 is 14.3 Å². The van der Waals surface area contributed by atoms with E-state index in [2.05, 4.69) is 15.6 Å². The van der Waals surface area contributed by atoms with E-state index in [0.717, 1.165) is 16.8 Å². The predicted molar refractivity (Wildman–Crippen MR) is 101 cm³/mol. The number of fused-ring (bicyclic) bond motifs is 1. The van der Waals surface area contributed by atoms with E-state index in [1.807, 2.05) is 19.9 Å². The average molecular weight is 372 g/mol. The first-order valence-corrected chi connectivity index (χ1v) is 9.33. The maximum atomic E-state index is 12.7. The zero-order valence-electron chi connectivity index (χ0n) is 14.9. The van der Waals surface area contributed by atoms with Gasteiger partial charge in [0.25, 0.3) is 5.91 Å². The van der Waals surface area contributed by atoms with Crippen LogP contribution in [0.2, 0.25) is 0 Å². The molecule has 0 aliphatic rings. The van der Waals surface area contributed by atoms with Crippen LogP contribution >= 0.6 is 11.3 Å². The average Bonchev–Trinajstić information content (AvgIpc) is 3.24. The first-order valence-electron chi connectivity index (χ1n) is 8.51. The first-order chi connectivity index (χ1) is 12.6. The molecule has 0 saturated heterocycles. The van der Waals surface area contributed by atoms with Gasteiger partial charge < -0.3 is 10.1 Å². The van der Waals surface area contributed by atoms with Gasteiger partial charge >= 0.3 is 5.97 Å². The van der Waals surface area contributed by atoms with Crippen LogP contribution in [-0.2, 0) is 17.7 Å². The van der Waals surface area contributed by atoms with Gasteiger partial charge in [-0.15, -0.1) is 16.4 Å². The molecule has 3 aromatic rings. The SMILES string of the molecule is CCOC(=O)c1cc(CC)sc1NC(=O)c1ccc2c(c1)nnn2CC. The van der Waals surface area contributed by atoms with Gasteiger partial charge in [-0.25, -0.2) is 9.48 Å². The fourth-order valence-electron chi connectivity index (χ4n) is 2.59. The number of benzene rings is 1. The summed E-state index contributed by atoms with van der Waals surface area (Å²) in [5.74, 6) is -0.729. The highest BCUT2D eigenvalue weighted by Gasteiger charge is 2.19. The molecule has 1 aromatic carbocycles. The number of hydrogen-bond donors (Lipinski definition) is 1. The first kappa shape index (κ1) is 18.1. The van der Waals surface area contributed by atoms with Gasteiger partial charge in [0.05, 0.1) is 17.7 Å². The topological polar surface area (TPSA) is 86.1 Å². The van der Waals surface area contributed by atoms with Crippen LogP contribution in [0.1, 0.15) is 46.4 Å². The van der Waals surface area contributed by atoms with Gasteiger partial charge in [0.2, 0.25) is 0 Å². The van der Waals surface area contributed by atoms with E-state index in [1.54, 1.807) is 29.8 Å². The molecule has 2 heterocycles. The molecule has 0 fully saturated rings. The monoisotopic (exact) mass is 372 g/mol. The van der Waals surface area contributed by atoms with Crippen LogP contribution in [0, 0.1) is 0 Å². The molecule has 26 heavy (non-hydrogen) atoms. The molecule has 2 aromatic heterocycles. The van der Waals surface area contributed by atoms with Crippen LogP contribution < -0.4 is 5.32 Å². The number of thiophene rings is 1. The summed E-state index contributed by atoms with van der Waals surface area (Å²) >= 11 is 1.38. The molecule has 0 unspecified atom stereocenters. The quantitative estimate of drug-likeness (QED) is 0.669. The van der Waals surface area contributed by atoms with Crippen LogP contribution in [0.5, 0.6) is 0 Å². The van der Waals surface area contributed by atoms with E-state index in [-0.39, 0.29) is 12.5 Å². The molecular weight excluding hydrogens is 352 g/mol. The zero-order chi connectivity index (χ0) is 18.7. The number of carbonyl (C=O) groups excluding carboxylic acids is 2. The molecule has 0 radical (unpaired) electrons. The Morgan fingerprint density at radius 1 is 1.23 bits per heavy atom. The number of anilines is 1. The lowest BCUT2D eigenvalue weighted by Gasteiger charge is -2.06. The number of aromatic nitrogens is 3. The molecule has 7 nitrogen and oxygen atoms in total. The van der Waals surface area contributed by atoms with Gasteiger partial charge in [-0.3, -0.25) is 4.79 Å². The second kappa shape index (κ2) is 7.65. The number of rotatable bonds is 6. The van der Waals surface area contributed by atoms with E-state index in [9.17, 15) is 9.59 Å². The summed E-state index contributed by atoms with van der Waals surface area (Å²) in [4.78, 5) is 25.8. The Kier molecular flexibility index (Phi) is 5.32. The van der Waals surface area contributed by atoms with Crippen molar-refractivity contribution in [2.75, 3.05) is 11.9 Å². The minimum atomic E-state index is -0.430. The molecule has 1 amide bonds. The van der Waals surface area contributed by atoms with Crippen molar-refractivity contribution in [2.45, 2.75) is 33.7 Å².